The predicted octanol–water partition coefficient (Wildman–Crippen LogP) is 4.31. The molecule has 2 unspecified atom stereocenters. The molecular formula is C19H25NO. The van der Waals surface area contributed by atoms with Gasteiger partial charge in [-0.2, -0.15) is 0 Å². The van der Waals surface area contributed by atoms with Crippen molar-refractivity contribution in [3.8, 4) is 0 Å². The lowest BCUT2D eigenvalue weighted by atomic mass is 9.92. The van der Waals surface area contributed by atoms with Crippen molar-refractivity contribution in [3.05, 3.63) is 48.0 Å². The molecule has 2 atom stereocenters. The number of nitrogens with one attached hydrogen (secondary N) is 1. The van der Waals surface area contributed by atoms with Crippen molar-refractivity contribution in [1.29, 1.82) is 0 Å². The molecule has 1 saturated heterocycles. The topological polar surface area (TPSA) is 21.3 Å². The summed E-state index contributed by atoms with van der Waals surface area (Å²) >= 11 is 0. The fourth-order valence-electron chi connectivity index (χ4n) is 3.32. The van der Waals surface area contributed by atoms with Gasteiger partial charge in [0.25, 0.3) is 0 Å². The Hall–Kier alpha value is -1.38. The molecule has 2 heteroatoms. The van der Waals surface area contributed by atoms with Gasteiger partial charge in [-0.05, 0) is 55.0 Å². The van der Waals surface area contributed by atoms with Crippen molar-refractivity contribution in [2.75, 3.05) is 13.2 Å². The normalized spacial score (nSPS) is 19.5. The Bertz CT molecular complexity index is 589. The molecule has 2 nitrogen and oxygen atoms in total. The van der Waals surface area contributed by atoms with Crippen LogP contribution in [0.4, 0.5) is 0 Å². The van der Waals surface area contributed by atoms with Crippen molar-refractivity contribution < 1.29 is 4.74 Å². The van der Waals surface area contributed by atoms with Gasteiger partial charge in [0.15, 0.2) is 0 Å². The molecule has 0 spiro atoms. The summed E-state index contributed by atoms with van der Waals surface area (Å²) in [6.07, 6.45) is 2.36. The van der Waals surface area contributed by atoms with E-state index in [0.717, 1.165) is 19.1 Å². The average Bonchev–Trinajstić information content (AvgIpc) is 2.55. The van der Waals surface area contributed by atoms with E-state index in [2.05, 4.69) is 61.6 Å². The molecule has 0 aromatic heterocycles. The molecule has 2 aromatic carbocycles. The van der Waals surface area contributed by atoms with Gasteiger partial charge in [-0.1, -0.05) is 36.4 Å². The van der Waals surface area contributed by atoms with E-state index in [0.29, 0.717) is 12.1 Å². The quantitative estimate of drug-likeness (QED) is 0.903. The molecule has 112 valence electrons. The van der Waals surface area contributed by atoms with Gasteiger partial charge in [0.2, 0.25) is 0 Å². The molecule has 1 fully saturated rings. The molecule has 2 aromatic rings. The Morgan fingerprint density at radius 3 is 2.48 bits per heavy atom. The van der Waals surface area contributed by atoms with E-state index in [-0.39, 0.29) is 0 Å². The molecule has 0 bridgehead atoms. The van der Waals surface area contributed by atoms with Crippen LogP contribution in [-0.4, -0.2) is 19.3 Å². The molecule has 21 heavy (non-hydrogen) atoms. The largest absolute Gasteiger partial charge is 0.381 e. The van der Waals surface area contributed by atoms with Crippen LogP contribution < -0.4 is 5.32 Å². The first-order chi connectivity index (χ1) is 10.2. The number of rotatable bonds is 4. The highest BCUT2D eigenvalue weighted by Gasteiger charge is 2.21. The maximum absolute atomic E-state index is 5.46. The first kappa shape index (κ1) is 14.6. The molecule has 0 radical (unpaired) electrons. The van der Waals surface area contributed by atoms with E-state index < -0.39 is 0 Å². The van der Waals surface area contributed by atoms with Crippen molar-refractivity contribution in [1.82, 2.24) is 5.32 Å². The number of hydrogen-bond acceptors (Lipinski definition) is 2. The Morgan fingerprint density at radius 2 is 1.71 bits per heavy atom. The zero-order valence-corrected chi connectivity index (χ0v) is 13.0. The van der Waals surface area contributed by atoms with Gasteiger partial charge in [0.05, 0.1) is 0 Å². The van der Waals surface area contributed by atoms with Crippen molar-refractivity contribution in [3.63, 3.8) is 0 Å². The van der Waals surface area contributed by atoms with Crippen LogP contribution in [0.15, 0.2) is 42.5 Å². The molecular weight excluding hydrogens is 258 g/mol. The molecule has 1 N–H and O–H groups in total. The van der Waals surface area contributed by atoms with E-state index in [1.54, 1.807) is 0 Å². The molecule has 1 heterocycles. The molecule has 1 aliphatic heterocycles. The SMILES string of the molecule is CC(NC(C)C1CCOCC1)c1ccc2ccccc2c1. The van der Waals surface area contributed by atoms with Crippen LogP contribution in [0.5, 0.6) is 0 Å². The Labute approximate surface area is 127 Å². The van der Waals surface area contributed by atoms with Gasteiger partial charge in [0.1, 0.15) is 0 Å². The Kier molecular flexibility index (Phi) is 4.57. The van der Waals surface area contributed by atoms with Gasteiger partial charge in [-0.25, -0.2) is 0 Å². The average molecular weight is 283 g/mol. The molecule has 0 aliphatic carbocycles. The summed E-state index contributed by atoms with van der Waals surface area (Å²) < 4.78 is 5.46. The smallest absolute Gasteiger partial charge is 0.0469 e. The van der Waals surface area contributed by atoms with Gasteiger partial charge < -0.3 is 10.1 Å². The second-order valence-corrected chi connectivity index (χ2v) is 6.23. The Balaban J connectivity index is 1.69. The minimum absolute atomic E-state index is 0.382. The van der Waals surface area contributed by atoms with Gasteiger partial charge >= 0.3 is 0 Å². The minimum Gasteiger partial charge on any atom is -0.381 e. The highest BCUT2D eigenvalue weighted by atomic mass is 16.5. The van der Waals surface area contributed by atoms with Crippen molar-refractivity contribution >= 4 is 10.8 Å². The fourth-order valence-corrected chi connectivity index (χ4v) is 3.32. The van der Waals surface area contributed by atoms with Gasteiger partial charge in [-0.3, -0.25) is 0 Å². The van der Waals surface area contributed by atoms with Crippen LogP contribution >= 0.6 is 0 Å². The summed E-state index contributed by atoms with van der Waals surface area (Å²) in [4.78, 5) is 0. The van der Waals surface area contributed by atoms with Gasteiger partial charge in [0, 0.05) is 25.3 Å². The lowest BCUT2D eigenvalue weighted by Crippen LogP contribution is -2.38. The summed E-state index contributed by atoms with van der Waals surface area (Å²) in [5, 5.41) is 6.41. The van der Waals surface area contributed by atoms with Crippen LogP contribution in [0.1, 0.15) is 38.3 Å². The second kappa shape index (κ2) is 6.59. The van der Waals surface area contributed by atoms with Crippen LogP contribution in [-0.2, 0) is 4.74 Å². The third kappa shape index (κ3) is 3.45. The summed E-state index contributed by atoms with van der Waals surface area (Å²) in [6, 6.07) is 16.3. The highest BCUT2D eigenvalue weighted by Crippen LogP contribution is 2.24. The zero-order chi connectivity index (χ0) is 14.7. The molecule has 0 amide bonds. The third-order valence-corrected chi connectivity index (χ3v) is 4.76. The number of ether oxygens (including phenoxy) is 1. The maximum atomic E-state index is 5.46. The Morgan fingerprint density at radius 1 is 1.00 bits per heavy atom. The first-order valence-corrected chi connectivity index (χ1v) is 8.06. The van der Waals surface area contributed by atoms with Crippen molar-refractivity contribution in [2.45, 2.75) is 38.8 Å². The summed E-state index contributed by atoms with van der Waals surface area (Å²) in [5.41, 5.74) is 1.37. The first-order valence-electron chi connectivity index (χ1n) is 8.06. The fraction of sp³-hybridized carbons (Fsp3) is 0.474. The monoisotopic (exact) mass is 283 g/mol. The lowest BCUT2D eigenvalue weighted by molar-refractivity contribution is 0.0547. The van der Waals surface area contributed by atoms with E-state index in [9.17, 15) is 0 Å². The standard InChI is InChI=1S/C19H25NO/c1-14(16-9-11-21-12-10-16)20-15(2)18-8-7-17-5-3-4-6-19(17)13-18/h3-8,13-16,20H,9-12H2,1-2H3. The number of fused-ring (bicyclic) bond motifs is 1. The van der Waals surface area contributed by atoms with Crippen LogP contribution in [0.2, 0.25) is 0 Å². The van der Waals surface area contributed by atoms with E-state index in [4.69, 9.17) is 4.74 Å². The number of hydrogen-bond donors (Lipinski definition) is 1. The molecule has 3 rings (SSSR count). The third-order valence-electron chi connectivity index (χ3n) is 4.76. The van der Waals surface area contributed by atoms with E-state index >= 15 is 0 Å². The molecule has 1 aliphatic rings. The van der Waals surface area contributed by atoms with Gasteiger partial charge in [-0.15, -0.1) is 0 Å². The van der Waals surface area contributed by atoms with E-state index in [1.807, 2.05) is 0 Å². The lowest BCUT2D eigenvalue weighted by Gasteiger charge is -2.31. The highest BCUT2D eigenvalue weighted by molar-refractivity contribution is 5.83. The summed E-state index contributed by atoms with van der Waals surface area (Å²) in [5.74, 6) is 0.738. The van der Waals surface area contributed by atoms with Crippen molar-refractivity contribution in [2.24, 2.45) is 5.92 Å². The number of benzene rings is 2. The predicted molar refractivity (Wildman–Crippen MR) is 88.5 cm³/mol. The molecule has 0 saturated carbocycles. The van der Waals surface area contributed by atoms with Crippen LogP contribution in [0.3, 0.4) is 0 Å². The maximum Gasteiger partial charge on any atom is 0.0469 e. The zero-order valence-electron chi connectivity index (χ0n) is 13.0. The van der Waals surface area contributed by atoms with E-state index in [1.165, 1.54) is 29.2 Å². The van der Waals surface area contributed by atoms with Crippen LogP contribution in [0.25, 0.3) is 10.8 Å². The van der Waals surface area contributed by atoms with Crippen LogP contribution in [0, 0.1) is 5.92 Å². The minimum atomic E-state index is 0.382. The summed E-state index contributed by atoms with van der Waals surface area (Å²) in [6.45, 7) is 6.41. The summed E-state index contributed by atoms with van der Waals surface area (Å²) in [7, 11) is 0. The second-order valence-electron chi connectivity index (χ2n) is 6.23.